The average Bonchev–Trinajstić information content (AvgIpc) is 2.73. The van der Waals surface area contributed by atoms with Gasteiger partial charge in [0.25, 0.3) is 5.56 Å². The van der Waals surface area contributed by atoms with Gasteiger partial charge in [0.05, 0.1) is 5.39 Å². The minimum absolute atomic E-state index is 0.128. The van der Waals surface area contributed by atoms with Crippen LogP contribution in [0.2, 0.25) is 0 Å². The van der Waals surface area contributed by atoms with E-state index in [-0.39, 0.29) is 5.56 Å². The molecule has 3 heterocycles. The highest BCUT2D eigenvalue weighted by Gasteiger charge is 2.17. The molecule has 2 aromatic heterocycles. The van der Waals surface area contributed by atoms with E-state index in [0.717, 1.165) is 47.8 Å². The van der Waals surface area contributed by atoms with Crippen LogP contribution in [0.25, 0.3) is 32.9 Å². The molecule has 0 atom stereocenters. The number of rotatable bonds is 2. The van der Waals surface area contributed by atoms with E-state index in [1.807, 2.05) is 24.3 Å². The number of anilines is 1. The molecule has 1 aliphatic rings. The Balaban J connectivity index is 1.73. The Hall–Kier alpha value is -3.21. The van der Waals surface area contributed by atoms with Gasteiger partial charge in [-0.3, -0.25) is 9.78 Å². The van der Waals surface area contributed by atoms with E-state index in [1.165, 1.54) is 6.42 Å². The van der Waals surface area contributed by atoms with Crippen LogP contribution in [0.4, 0.5) is 5.95 Å². The normalized spacial score (nSPS) is 14.7. The molecule has 2 aromatic carbocycles. The number of aromatic amines is 1. The van der Waals surface area contributed by atoms with Gasteiger partial charge in [-0.05, 0) is 41.7 Å². The first-order valence-electron chi connectivity index (χ1n) is 9.43. The number of benzene rings is 2. The molecule has 0 aliphatic carbocycles. The van der Waals surface area contributed by atoms with Crippen molar-refractivity contribution in [2.45, 2.75) is 19.3 Å². The standard InChI is InChI=1S/C22H20N4O/c27-21-19-18(17-10-6-8-15-7-2-3-9-16(15)17)11-12-23-20(19)24-22(25-21)26-13-4-1-5-14-26/h2-3,6-12H,1,4-5,13-14H2,(H,23,24,25,27). The van der Waals surface area contributed by atoms with Crippen molar-refractivity contribution in [3.05, 3.63) is 65.1 Å². The largest absolute Gasteiger partial charge is 0.342 e. The molecule has 0 spiro atoms. The highest BCUT2D eigenvalue weighted by atomic mass is 16.1. The molecule has 0 amide bonds. The van der Waals surface area contributed by atoms with Crippen molar-refractivity contribution in [3.63, 3.8) is 0 Å². The first-order chi connectivity index (χ1) is 13.3. The molecule has 1 N–H and O–H groups in total. The fraction of sp³-hybridized carbons (Fsp3) is 0.227. The summed E-state index contributed by atoms with van der Waals surface area (Å²) in [4.78, 5) is 27.2. The van der Waals surface area contributed by atoms with Crippen molar-refractivity contribution >= 4 is 27.8 Å². The van der Waals surface area contributed by atoms with Crippen molar-refractivity contribution in [2.75, 3.05) is 18.0 Å². The fourth-order valence-corrected chi connectivity index (χ4v) is 3.99. The summed E-state index contributed by atoms with van der Waals surface area (Å²) in [6.07, 6.45) is 5.24. The van der Waals surface area contributed by atoms with Crippen LogP contribution in [0.15, 0.2) is 59.5 Å². The predicted molar refractivity (Wildman–Crippen MR) is 109 cm³/mol. The maximum Gasteiger partial charge on any atom is 0.262 e. The summed E-state index contributed by atoms with van der Waals surface area (Å²) in [6, 6.07) is 16.3. The second kappa shape index (κ2) is 6.50. The lowest BCUT2D eigenvalue weighted by Gasteiger charge is -2.27. The number of hydrogen-bond acceptors (Lipinski definition) is 4. The molecular formula is C22H20N4O. The molecule has 5 heteroatoms. The van der Waals surface area contributed by atoms with Crippen LogP contribution in [0.3, 0.4) is 0 Å². The fourth-order valence-electron chi connectivity index (χ4n) is 3.99. The maximum absolute atomic E-state index is 13.0. The van der Waals surface area contributed by atoms with Crippen LogP contribution >= 0.6 is 0 Å². The molecule has 134 valence electrons. The minimum atomic E-state index is -0.128. The molecule has 0 unspecified atom stereocenters. The molecular weight excluding hydrogens is 336 g/mol. The maximum atomic E-state index is 13.0. The number of pyridine rings is 1. The predicted octanol–water partition coefficient (Wildman–Crippen LogP) is 4.13. The topological polar surface area (TPSA) is 61.9 Å². The Labute approximate surface area is 156 Å². The molecule has 4 aromatic rings. The van der Waals surface area contributed by atoms with Gasteiger partial charge >= 0.3 is 0 Å². The third-order valence-corrected chi connectivity index (χ3v) is 5.33. The molecule has 27 heavy (non-hydrogen) atoms. The van der Waals surface area contributed by atoms with E-state index >= 15 is 0 Å². The smallest absolute Gasteiger partial charge is 0.262 e. The first kappa shape index (κ1) is 16.0. The van der Waals surface area contributed by atoms with E-state index in [4.69, 9.17) is 0 Å². The zero-order valence-corrected chi connectivity index (χ0v) is 15.0. The lowest BCUT2D eigenvalue weighted by atomic mass is 9.97. The van der Waals surface area contributed by atoms with Crippen molar-refractivity contribution < 1.29 is 0 Å². The number of aromatic nitrogens is 3. The summed E-state index contributed by atoms with van der Waals surface area (Å²) in [5, 5.41) is 2.82. The van der Waals surface area contributed by atoms with Gasteiger partial charge in [0.1, 0.15) is 0 Å². The second-order valence-corrected chi connectivity index (χ2v) is 7.02. The van der Waals surface area contributed by atoms with Crippen LogP contribution in [0.5, 0.6) is 0 Å². The highest BCUT2D eigenvalue weighted by molar-refractivity contribution is 6.03. The summed E-state index contributed by atoms with van der Waals surface area (Å²) < 4.78 is 0. The monoisotopic (exact) mass is 356 g/mol. The van der Waals surface area contributed by atoms with Crippen molar-refractivity contribution in [1.29, 1.82) is 0 Å². The number of nitrogens with one attached hydrogen (secondary N) is 1. The molecule has 5 rings (SSSR count). The molecule has 5 nitrogen and oxygen atoms in total. The van der Waals surface area contributed by atoms with Gasteiger partial charge < -0.3 is 4.90 Å². The molecule has 1 fully saturated rings. The summed E-state index contributed by atoms with van der Waals surface area (Å²) in [7, 11) is 0. The Bertz CT molecular complexity index is 1190. The van der Waals surface area contributed by atoms with Crippen LogP contribution in [0, 0.1) is 0 Å². The SMILES string of the molecule is O=c1[nH]c(N2CCCCC2)nc2nccc(-c3cccc4ccccc34)c12. The third kappa shape index (κ3) is 2.76. The molecule has 1 aliphatic heterocycles. The van der Waals surface area contributed by atoms with Crippen LogP contribution in [-0.4, -0.2) is 28.0 Å². The van der Waals surface area contributed by atoms with E-state index in [9.17, 15) is 4.79 Å². The van der Waals surface area contributed by atoms with E-state index in [0.29, 0.717) is 17.0 Å². The summed E-state index contributed by atoms with van der Waals surface area (Å²) in [6.45, 7) is 1.86. The van der Waals surface area contributed by atoms with Crippen LogP contribution in [0.1, 0.15) is 19.3 Å². The van der Waals surface area contributed by atoms with Gasteiger partial charge in [0.15, 0.2) is 5.65 Å². The van der Waals surface area contributed by atoms with Gasteiger partial charge in [0, 0.05) is 24.8 Å². The third-order valence-electron chi connectivity index (χ3n) is 5.33. The van der Waals surface area contributed by atoms with Gasteiger partial charge in [-0.25, -0.2) is 4.98 Å². The van der Waals surface area contributed by atoms with Crippen LogP contribution in [-0.2, 0) is 0 Å². The summed E-state index contributed by atoms with van der Waals surface area (Å²) >= 11 is 0. The molecule has 0 bridgehead atoms. The zero-order valence-electron chi connectivity index (χ0n) is 15.0. The van der Waals surface area contributed by atoms with E-state index in [1.54, 1.807) is 6.20 Å². The van der Waals surface area contributed by atoms with Gasteiger partial charge in [-0.15, -0.1) is 0 Å². The van der Waals surface area contributed by atoms with Gasteiger partial charge in [0.2, 0.25) is 5.95 Å². The van der Waals surface area contributed by atoms with Gasteiger partial charge in [-0.2, -0.15) is 4.98 Å². The summed E-state index contributed by atoms with van der Waals surface area (Å²) in [5.74, 6) is 0.634. The Kier molecular flexibility index (Phi) is 3.85. The highest BCUT2D eigenvalue weighted by Crippen LogP contribution is 2.31. The van der Waals surface area contributed by atoms with Gasteiger partial charge in [-0.1, -0.05) is 42.5 Å². The average molecular weight is 356 g/mol. The Morgan fingerprint density at radius 2 is 1.70 bits per heavy atom. The number of nitrogens with zero attached hydrogens (tertiary/aromatic N) is 3. The van der Waals surface area contributed by atoms with E-state index < -0.39 is 0 Å². The second-order valence-electron chi connectivity index (χ2n) is 7.02. The van der Waals surface area contributed by atoms with Crippen molar-refractivity contribution in [3.8, 4) is 11.1 Å². The Morgan fingerprint density at radius 1 is 0.889 bits per heavy atom. The molecule has 0 radical (unpaired) electrons. The summed E-state index contributed by atoms with van der Waals surface area (Å²) in [5.41, 5.74) is 2.27. The zero-order chi connectivity index (χ0) is 18.2. The number of fused-ring (bicyclic) bond motifs is 2. The number of piperidine rings is 1. The number of hydrogen-bond donors (Lipinski definition) is 1. The van der Waals surface area contributed by atoms with E-state index in [2.05, 4.69) is 44.1 Å². The quantitative estimate of drug-likeness (QED) is 0.587. The lowest BCUT2D eigenvalue weighted by molar-refractivity contribution is 0.568. The minimum Gasteiger partial charge on any atom is -0.342 e. The molecule has 0 saturated carbocycles. The first-order valence-corrected chi connectivity index (χ1v) is 9.43. The number of H-pyrrole nitrogens is 1. The lowest BCUT2D eigenvalue weighted by Crippen LogP contribution is -2.32. The van der Waals surface area contributed by atoms with Crippen molar-refractivity contribution in [2.24, 2.45) is 0 Å². The van der Waals surface area contributed by atoms with Crippen LogP contribution < -0.4 is 10.5 Å². The Morgan fingerprint density at radius 3 is 2.59 bits per heavy atom. The molecule has 1 saturated heterocycles. The van der Waals surface area contributed by atoms with Crippen molar-refractivity contribution in [1.82, 2.24) is 15.0 Å².